The van der Waals surface area contributed by atoms with Gasteiger partial charge in [0.2, 0.25) is 0 Å². The van der Waals surface area contributed by atoms with Gasteiger partial charge in [-0.15, -0.1) is 0 Å². The molecule has 0 saturated carbocycles. The van der Waals surface area contributed by atoms with E-state index in [-0.39, 0.29) is 5.69 Å². The number of rotatable bonds is 7. The molecule has 2 aliphatic rings. The van der Waals surface area contributed by atoms with Gasteiger partial charge in [-0.3, -0.25) is 4.90 Å². The number of nitrogens with zero attached hydrogens (tertiary/aromatic N) is 2. The van der Waals surface area contributed by atoms with Crippen molar-refractivity contribution < 1.29 is 17.9 Å². The highest BCUT2D eigenvalue weighted by Crippen LogP contribution is 2.36. The summed E-state index contributed by atoms with van der Waals surface area (Å²) < 4.78 is 46.1. The molecule has 3 nitrogen and oxygen atoms in total. The largest absolute Gasteiger partial charge is 0.489 e. The van der Waals surface area contributed by atoms with E-state index >= 15 is 0 Å². The molecular weight excluding hydrogens is 461 g/mol. The maximum absolute atomic E-state index is 13.4. The van der Waals surface area contributed by atoms with E-state index in [1.807, 2.05) is 4.90 Å². The average Bonchev–Trinajstić information content (AvgIpc) is 2.91. The normalized spacial score (nSPS) is 16.6. The summed E-state index contributed by atoms with van der Waals surface area (Å²) in [5.74, 6) is 0.941. The van der Waals surface area contributed by atoms with Gasteiger partial charge in [0.1, 0.15) is 12.4 Å². The molecule has 36 heavy (non-hydrogen) atoms. The highest BCUT2D eigenvalue weighted by molar-refractivity contribution is 5.55. The van der Waals surface area contributed by atoms with Gasteiger partial charge in [-0.1, -0.05) is 42.5 Å². The number of fused-ring (bicyclic) bond motifs is 1. The van der Waals surface area contributed by atoms with E-state index in [0.29, 0.717) is 19.7 Å². The van der Waals surface area contributed by atoms with Crippen molar-refractivity contribution in [3.8, 4) is 5.75 Å². The van der Waals surface area contributed by atoms with Gasteiger partial charge in [-0.25, -0.2) is 0 Å². The lowest BCUT2D eigenvalue weighted by atomic mass is 9.92. The Morgan fingerprint density at radius 2 is 1.44 bits per heavy atom. The molecule has 1 heterocycles. The molecule has 6 heteroatoms. The zero-order chi connectivity index (χ0) is 25.0. The number of benzene rings is 3. The van der Waals surface area contributed by atoms with Crippen LogP contribution in [0, 0.1) is 0 Å². The van der Waals surface area contributed by atoms with E-state index in [0.717, 1.165) is 43.8 Å². The number of piperazine rings is 1. The van der Waals surface area contributed by atoms with Crippen molar-refractivity contribution in [2.75, 3.05) is 37.6 Å². The van der Waals surface area contributed by atoms with Crippen LogP contribution in [-0.4, -0.2) is 37.6 Å². The second-order valence-electron chi connectivity index (χ2n) is 9.84. The summed E-state index contributed by atoms with van der Waals surface area (Å²) in [6, 6.07) is 20.9. The first-order valence-electron chi connectivity index (χ1n) is 12.9. The Labute approximate surface area is 211 Å². The van der Waals surface area contributed by atoms with Gasteiger partial charge >= 0.3 is 6.18 Å². The predicted molar refractivity (Wildman–Crippen MR) is 138 cm³/mol. The minimum atomic E-state index is -4.33. The number of para-hydroxylation sites is 1. The lowest BCUT2D eigenvalue weighted by molar-refractivity contribution is -0.137. The molecule has 1 saturated heterocycles. The van der Waals surface area contributed by atoms with Gasteiger partial charge in [-0.05, 0) is 78.6 Å². The summed E-state index contributed by atoms with van der Waals surface area (Å²) in [6.07, 6.45) is 1.47. The molecule has 0 amide bonds. The molecule has 0 bridgehead atoms. The van der Waals surface area contributed by atoms with Crippen LogP contribution in [0.3, 0.4) is 0 Å². The van der Waals surface area contributed by atoms with Crippen LogP contribution >= 0.6 is 0 Å². The lowest BCUT2D eigenvalue weighted by Gasteiger charge is -2.37. The summed E-state index contributed by atoms with van der Waals surface area (Å²) in [6.45, 7) is 4.19. The molecule has 1 fully saturated rings. The Kier molecular flexibility index (Phi) is 7.51. The Balaban J connectivity index is 1.08. The van der Waals surface area contributed by atoms with Crippen molar-refractivity contribution >= 4 is 5.69 Å². The molecule has 0 atom stereocenters. The van der Waals surface area contributed by atoms with E-state index in [9.17, 15) is 13.2 Å². The molecule has 3 aromatic carbocycles. The first-order valence-corrected chi connectivity index (χ1v) is 12.9. The molecular formula is C30H33F3N2O. The maximum Gasteiger partial charge on any atom is 0.418 e. The molecule has 3 aromatic rings. The number of anilines is 1. The van der Waals surface area contributed by atoms with E-state index in [2.05, 4.69) is 47.4 Å². The minimum absolute atomic E-state index is 0.290. The fraction of sp³-hybridized carbons (Fsp3) is 0.400. The fourth-order valence-electron chi connectivity index (χ4n) is 5.26. The Morgan fingerprint density at radius 1 is 0.750 bits per heavy atom. The van der Waals surface area contributed by atoms with Crippen LogP contribution in [0.5, 0.6) is 5.75 Å². The van der Waals surface area contributed by atoms with Gasteiger partial charge < -0.3 is 9.64 Å². The molecule has 0 unspecified atom stereocenters. The zero-order valence-electron chi connectivity index (χ0n) is 20.6. The van der Waals surface area contributed by atoms with Gasteiger partial charge in [0.25, 0.3) is 0 Å². The summed E-state index contributed by atoms with van der Waals surface area (Å²) >= 11 is 0. The van der Waals surface area contributed by atoms with Gasteiger partial charge in [-0.2, -0.15) is 13.2 Å². The van der Waals surface area contributed by atoms with Crippen LogP contribution in [0.4, 0.5) is 18.9 Å². The van der Waals surface area contributed by atoms with E-state index in [1.54, 1.807) is 12.1 Å². The summed E-state index contributed by atoms with van der Waals surface area (Å²) in [4.78, 5) is 4.19. The molecule has 0 aromatic heterocycles. The second kappa shape index (κ2) is 11.0. The highest BCUT2D eigenvalue weighted by Gasteiger charge is 2.35. The highest BCUT2D eigenvalue weighted by atomic mass is 19.4. The molecule has 0 radical (unpaired) electrons. The van der Waals surface area contributed by atoms with Crippen LogP contribution in [-0.2, 0) is 32.0 Å². The van der Waals surface area contributed by atoms with Crippen molar-refractivity contribution in [1.82, 2.24) is 4.90 Å². The van der Waals surface area contributed by atoms with Crippen molar-refractivity contribution in [3.63, 3.8) is 0 Å². The van der Waals surface area contributed by atoms with Gasteiger partial charge in [0, 0.05) is 38.4 Å². The summed E-state index contributed by atoms with van der Waals surface area (Å²) in [7, 11) is 0. The summed E-state index contributed by atoms with van der Waals surface area (Å²) in [5.41, 5.74) is 5.04. The quantitative estimate of drug-likeness (QED) is 0.372. The monoisotopic (exact) mass is 494 g/mol. The molecule has 190 valence electrons. The third-order valence-electron chi connectivity index (χ3n) is 7.39. The van der Waals surface area contributed by atoms with Crippen molar-refractivity contribution in [3.05, 3.63) is 94.5 Å². The number of ether oxygens (including phenoxy) is 1. The molecule has 5 rings (SSSR count). The van der Waals surface area contributed by atoms with Crippen LogP contribution < -0.4 is 9.64 Å². The Bertz CT molecular complexity index is 1150. The molecule has 1 aliphatic heterocycles. The van der Waals surface area contributed by atoms with Crippen molar-refractivity contribution in [2.45, 2.75) is 44.9 Å². The first kappa shape index (κ1) is 24.7. The lowest BCUT2D eigenvalue weighted by Crippen LogP contribution is -2.47. The smallest absolute Gasteiger partial charge is 0.418 e. The number of aryl methyl sites for hydroxylation is 2. The molecule has 0 spiro atoms. The van der Waals surface area contributed by atoms with Crippen LogP contribution in [0.15, 0.2) is 66.7 Å². The minimum Gasteiger partial charge on any atom is -0.489 e. The average molecular weight is 495 g/mol. The van der Waals surface area contributed by atoms with Gasteiger partial charge in [0.15, 0.2) is 0 Å². The summed E-state index contributed by atoms with van der Waals surface area (Å²) in [5, 5.41) is 0. The maximum atomic E-state index is 13.4. The third-order valence-corrected chi connectivity index (χ3v) is 7.39. The van der Waals surface area contributed by atoms with Crippen molar-refractivity contribution in [2.24, 2.45) is 0 Å². The van der Waals surface area contributed by atoms with Gasteiger partial charge in [0.05, 0.1) is 5.56 Å². The van der Waals surface area contributed by atoms with Crippen LogP contribution in [0.2, 0.25) is 0 Å². The van der Waals surface area contributed by atoms with Crippen LogP contribution in [0.25, 0.3) is 0 Å². The van der Waals surface area contributed by atoms with E-state index in [4.69, 9.17) is 4.74 Å². The standard InChI is InChI=1S/C30H33F3N2O/c31-30(32,33)28-7-3-4-8-29(28)35-19-17-34(18-20-35)16-15-23-9-11-24(12-10-23)22-36-27-14-13-25-5-1-2-6-26(25)21-27/h3-4,7-14,21H,1-2,5-6,15-20,22H2. The third kappa shape index (κ3) is 6.04. The predicted octanol–water partition coefficient (Wildman–Crippen LogP) is 6.53. The molecule has 0 N–H and O–H groups in total. The second-order valence-corrected chi connectivity index (χ2v) is 9.84. The Morgan fingerprint density at radius 3 is 2.19 bits per heavy atom. The topological polar surface area (TPSA) is 15.7 Å². The number of hydrogen-bond acceptors (Lipinski definition) is 3. The van der Waals surface area contributed by atoms with E-state index in [1.165, 1.54) is 48.1 Å². The van der Waals surface area contributed by atoms with Crippen molar-refractivity contribution in [1.29, 1.82) is 0 Å². The SMILES string of the molecule is FC(F)(F)c1ccccc1N1CCN(CCc2ccc(COc3ccc4c(c3)CCCC4)cc2)CC1. The number of halogens is 3. The zero-order valence-corrected chi connectivity index (χ0v) is 20.6. The number of hydrogen-bond donors (Lipinski definition) is 0. The molecule has 1 aliphatic carbocycles. The fourth-order valence-corrected chi connectivity index (χ4v) is 5.26. The number of alkyl halides is 3. The Hall–Kier alpha value is -2.99. The van der Waals surface area contributed by atoms with E-state index < -0.39 is 11.7 Å². The van der Waals surface area contributed by atoms with Crippen LogP contribution in [0.1, 0.15) is 40.7 Å². The first-order chi connectivity index (χ1) is 17.5.